The van der Waals surface area contributed by atoms with Gasteiger partial charge in [0.15, 0.2) is 0 Å². The number of fused-ring (bicyclic) bond motifs is 1. The zero-order valence-electron chi connectivity index (χ0n) is 8.23. The van der Waals surface area contributed by atoms with Gasteiger partial charge in [0, 0.05) is 10.7 Å². The highest BCUT2D eigenvalue weighted by Crippen LogP contribution is 2.33. The number of nitrogens with one attached hydrogen (secondary N) is 1. The predicted octanol–water partition coefficient (Wildman–Crippen LogP) is 2.96. The van der Waals surface area contributed by atoms with Crippen LogP contribution in [0.1, 0.15) is 30.9 Å². The Morgan fingerprint density at radius 1 is 1.43 bits per heavy atom. The van der Waals surface area contributed by atoms with Gasteiger partial charge in [0.1, 0.15) is 0 Å². The Morgan fingerprint density at radius 2 is 2.14 bits per heavy atom. The standard InChI is InChI=1S/C11H12ClNO/c1-6(2)8-3-7-4-11(14)13-10(7)5-9(8)12/h3,5-6H,4H2,1-2H3,(H,13,14). The third-order valence-electron chi connectivity index (χ3n) is 2.47. The van der Waals surface area contributed by atoms with Crippen LogP contribution in [0, 0.1) is 0 Å². The number of halogens is 1. The Labute approximate surface area is 88.3 Å². The average molecular weight is 210 g/mol. The van der Waals surface area contributed by atoms with Gasteiger partial charge in [-0.1, -0.05) is 31.5 Å². The van der Waals surface area contributed by atoms with Gasteiger partial charge in [0.05, 0.1) is 6.42 Å². The van der Waals surface area contributed by atoms with E-state index in [1.807, 2.05) is 12.1 Å². The molecule has 14 heavy (non-hydrogen) atoms. The molecule has 1 amide bonds. The average Bonchev–Trinajstić information content (AvgIpc) is 2.42. The van der Waals surface area contributed by atoms with Crippen LogP contribution in [-0.4, -0.2) is 5.91 Å². The van der Waals surface area contributed by atoms with Crippen molar-refractivity contribution in [3.05, 3.63) is 28.3 Å². The molecule has 1 N–H and O–H groups in total. The van der Waals surface area contributed by atoms with E-state index in [0.29, 0.717) is 12.3 Å². The quantitative estimate of drug-likeness (QED) is 0.757. The van der Waals surface area contributed by atoms with Crippen molar-refractivity contribution in [2.45, 2.75) is 26.2 Å². The molecule has 0 aromatic heterocycles. The van der Waals surface area contributed by atoms with E-state index in [2.05, 4.69) is 19.2 Å². The van der Waals surface area contributed by atoms with E-state index < -0.39 is 0 Å². The van der Waals surface area contributed by atoms with Gasteiger partial charge >= 0.3 is 0 Å². The minimum atomic E-state index is 0.0528. The molecule has 1 aliphatic heterocycles. The molecule has 0 aliphatic carbocycles. The molecule has 0 atom stereocenters. The summed E-state index contributed by atoms with van der Waals surface area (Å²) in [6.45, 7) is 4.19. The van der Waals surface area contributed by atoms with Crippen LogP contribution in [0.25, 0.3) is 0 Å². The van der Waals surface area contributed by atoms with Crippen LogP contribution in [0.2, 0.25) is 5.02 Å². The molecule has 0 radical (unpaired) electrons. The maximum absolute atomic E-state index is 11.1. The molecule has 1 aliphatic rings. The van der Waals surface area contributed by atoms with Gasteiger partial charge in [-0.3, -0.25) is 4.79 Å². The van der Waals surface area contributed by atoms with Crippen LogP contribution < -0.4 is 5.32 Å². The predicted molar refractivity (Wildman–Crippen MR) is 57.9 cm³/mol. The highest BCUT2D eigenvalue weighted by Gasteiger charge is 2.20. The summed E-state index contributed by atoms with van der Waals surface area (Å²) >= 11 is 6.10. The molecule has 0 spiro atoms. The maximum atomic E-state index is 11.1. The Hall–Kier alpha value is -1.02. The maximum Gasteiger partial charge on any atom is 0.228 e. The first-order valence-corrected chi connectivity index (χ1v) is 5.08. The molecule has 0 fully saturated rings. The first-order chi connectivity index (χ1) is 6.58. The molecule has 3 heteroatoms. The zero-order valence-corrected chi connectivity index (χ0v) is 8.98. The van der Waals surface area contributed by atoms with Gasteiger partial charge in [-0.15, -0.1) is 0 Å². The number of carbonyl (C=O) groups excluding carboxylic acids is 1. The van der Waals surface area contributed by atoms with Crippen LogP contribution in [0.5, 0.6) is 0 Å². The minimum Gasteiger partial charge on any atom is -0.325 e. The van der Waals surface area contributed by atoms with Crippen molar-refractivity contribution >= 4 is 23.2 Å². The van der Waals surface area contributed by atoms with E-state index in [9.17, 15) is 4.79 Å². The second-order valence-corrected chi connectivity index (χ2v) is 4.32. The molecular weight excluding hydrogens is 198 g/mol. The Bertz CT molecular complexity index is 399. The van der Waals surface area contributed by atoms with Crippen LogP contribution >= 0.6 is 11.6 Å². The molecule has 1 aromatic rings. The lowest BCUT2D eigenvalue weighted by Crippen LogP contribution is -2.03. The number of amides is 1. The van der Waals surface area contributed by atoms with Crippen LogP contribution in [0.3, 0.4) is 0 Å². The number of hydrogen-bond acceptors (Lipinski definition) is 1. The van der Waals surface area contributed by atoms with Crippen molar-refractivity contribution in [1.82, 2.24) is 0 Å². The summed E-state index contributed by atoms with van der Waals surface area (Å²) in [6, 6.07) is 3.87. The lowest BCUT2D eigenvalue weighted by atomic mass is 9.99. The molecule has 74 valence electrons. The first kappa shape index (κ1) is 9.53. The third kappa shape index (κ3) is 1.50. The lowest BCUT2D eigenvalue weighted by molar-refractivity contribution is -0.115. The molecule has 2 nitrogen and oxygen atoms in total. The molecule has 0 unspecified atom stereocenters. The van der Waals surface area contributed by atoms with Crippen molar-refractivity contribution in [1.29, 1.82) is 0 Å². The SMILES string of the molecule is CC(C)c1cc2c(cc1Cl)NC(=O)C2. The fraction of sp³-hybridized carbons (Fsp3) is 0.364. The van der Waals surface area contributed by atoms with E-state index in [1.54, 1.807) is 0 Å². The Morgan fingerprint density at radius 3 is 2.79 bits per heavy atom. The van der Waals surface area contributed by atoms with E-state index in [-0.39, 0.29) is 5.91 Å². The second kappa shape index (κ2) is 3.28. The highest BCUT2D eigenvalue weighted by molar-refractivity contribution is 6.32. The number of rotatable bonds is 1. The van der Waals surface area contributed by atoms with Crippen molar-refractivity contribution in [2.75, 3.05) is 5.32 Å². The van der Waals surface area contributed by atoms with Gasteiger partial charge < -0.3 is 5.32 Å². The van der Waals surface area contributed by atoms with Crippen molar-refractivity contribution in [3.8, 4) is 0 Å². The normalized spacial score (nSPS) is 14.4. The molecule has 2 rings (SSSR count). The fourth-order valence-electron chi connectivity index (χ4n) is 1.71. The summed E-state index contributed by atoms with van der Waals surface area (Å²) in [5.41, 5.74) is 3.04. The van der Waals surface area contributed by atoms with Gasteiger partial charge in [0.25, 0.3) is 0 Å². The summed E-state index contributed by atoms with van der Waals surface area (Å²) in [6.07, 6.45) is 0.478. The van der Waals surface area contributed by atoms with Gasteiger partial charge in [-0.25, -0.2) is 0 Å². The topological polar surface area (TPSA) is 29.1 Å². The molecule has 0 saturated carbocycles. The molecule has 0 bridgehead atoms. The summed E-state index contributed by atoms with van der Waals surface area (Å²) < 4.78 is 0. The molecule has 1 heterocycles. The van der Waals surface area contributed by atoms with E-state index >= 15 is 0 Å². The number of carbonyl (C=O) groups is 1. The van der Waals surface area contributed by atoms with Crippen LogP contribution in [-0.2, 0) is 11.2 Å². The third-order valence-corrected chi connectivity index (χ3v) is 2.80. The Balaban J connectivity index is 2.50. The van der Waals surface area contributed by atoms with Crippen molar-refractivity contribution in [3.63, 3.8) is 0 Å². The van der Waals surface area contributed by atoms with E-state index in [0.717, 1.165) is 21.8 Å². The van der Waals surface area contributed by atoms with Crippen molar-refractivity contribution in [2.24, 2.45) is 0 Å². The summed E-state index contributed by atoms with van der Waals surface area (Å²) in [5, 5.41) is 3.52. The monoisotopic (exact) mass is 209 g/mol. The lowest BCUT2D eigenvalue weighted by Gasteiger charge is -2.10. The fourth-order valence-corrected chi connectivity index (χ4v) is 2.09. The summed E-state index contributed by atoms with van der Waals surface area (Å²) in [4.78, 5) is 11.1. The number of anilines is 1. The number of benzene rings is 1. The van der Waals surface area contributed by atoms with Gasteiger partial charge in [-0.2, -0.15) is 0 Å². The summed E-state index contributed by atoms with van der Waals surface area (Å²) in [7, 11) is 0. The van der Waals surface area contributed by atoms with Gasteiger partial charge in [0.2, 0.25) is 5.91 Å². The minimum absolute atomic E-state index is 0.0528. The first-order valence-electron chi connectivity index (χ1n) is 4.70. The van der Waals surface area contributed by atoms with Crippen LogP contribution in [0.15, 0.2) is 12.1 Å². The van der Waals surface area contributed by atoms with E-state index in [4.69, 9.17) is 11.6 Å². The summed E-state index contributed by atoms with van der Waals surface area (Å²) in [5.74, 6) is 0.445. The second-order valence-electron chi connectivity index (χ2n) is 3.91. The number of hydrogen-bond donors (Lipinski definition) is 1. The van der Waals surface area contributed by atoms with Crippen molar-refractivity contribution < 1.29 is 4.79 Å². The largest absolute Gasteiger partial charge is 0.325 e. The molecule has 1 aromatic carbocycles. The zero-order chi connectivity index (χ0) is 10.3. The Kier molecular flexibility index (Phi) is 2.23. The van der Waals surface area contributed by atoms with Gasteiger partial charge in [-0.05, 0) is 23.1 Å². The van der Waals surface area contributed by atoms with E-state index in [1.165, 1.54) is 0 Å². The smallest absolute Gasteiger partial charge is 0.228 e. The highest BCUT2D eigenvalue weighted by atomic mass is 35.5. The van der Waals surface area contributed by atoms with Crippen LogP contribution in [0.4, 0.5) is 5.69 Å². The molecule has 0 saturated heterocycles. The molecular formula is C11H12ClNO.